The number of rotatable bonds is 5. The summed E-state index contributed by atoms with van der Waals surface area (Å²) in [6.45, 7) is 12.3. The fraction of sp³-hybridized carbons (Fsp3) is 0.525. The SMILES string of the molecule is C/C=C(\C)[C@H]1OC(=O)[C@@H](C)NC(=O)[C@H](C(C)CC)NC(=O)CN(C)C(=O)[C@@H](Cc2ccc(O)cc2)N(C)C(=O)[C@H](C)NC(=O)COC(=O)/C(C)=C/C=C/[C@@H]1C. The lowest BCUT2D eigenvalue weighted by Gasteiger charge is -2.33. The van der Waals surface area contributed by atoms with E-state index in [9.17, 15) is 38.7 Å². The minimum atomic E-state index is -1.16. The van der Waals surface area contributed by atoms with Crippen molar-refractivity contribution in [1.29, 1.82) is 0 Å². The maximum atomic E-state index is 14.0. The van der Waals surface area contributed by atoms with Gasteiger partial charge in [-0.1, -0.05) is 63.6 Å². The van der Waals surface area contributed by atoms with Crippen LogP contribution in [0.4, 0.5) is 0 Å². The molecule has 0 saturated heterocycles. The molecule has 7 atom stereocenters. The lowest BCUT2D eigenvalue weighted by molar-refractivity contribution is -0.152. The molecule has 1 heterocycles. The summed E-state index contributed by atoms with van der Waals surface area (Å²) < 4.78 is 11.0. The summed E-state index contributed by atoms with van der Waals surface area (Å²) >= 11 is 0. The third-order valence-corrected chi connectivity index (χ3v) is 9.54. The van der Waals surface area contributed by atoms with Crippen LogP contribution in [-0.4, -0.2) is 114 Å². The molecule has 15 heteroatoms. The minimum Gasteiger partial charge on any atom is -0.508 e. The summed E-state index contributed by atoms with van der Waals surface area (Å²) in [5.74, 6) is -5.49. The first-order chi connectivity index (χ1) is 25.8. The van der Waals surface area contributed by atoms with E-state index in [-0.39, 0.29) is 29.6 Å². The average molecular weight is 768 g/mol. The largest absolute Gasteiger partial charge is 0.508 e. The van der Waals surface area contributed by atoms with Crippen LogP contribution in [0.3, 0.4) is 0 Å². The molecule has 2 rings (SSSR count). The van der Waals surface area contributed by atoms with Gasteiger partial charge in [-0.3, -0.25) is 24.0 Å². The smallest absolute Gasteiger partial charge is 0.334 e. The lowest BCUT2D eigenvalue weighted by Crippen LogP contribution is -2.57. The standard InChI is InChI=1S/C40H57N5O10/c1-11-23(3)34-36(49)42-28(8)40(53)55-35(24(4)12-2)25(5)14-13-15-26(6)39(52)54-22-33(48)41-27(7)37(50)45(10)31(20-29-16-18-30(46)19-17-29)38(51)44(9)21-32(47)43-34/h12-19,23,25,27-28,31,34-35,46H,11,20-22H2,1-10H3,(H,41,48)(H,42,49)(H,43,47)/b14-13+,24-12+,26-15+/t23?,25-,27-,28+,31+,34-,35+/m0/s1. The molecule has 1 unspecified atom stereocenters. The van der Waals surface area contributed by atoms with Gasteiger partial charge in [0.05, 0.1) is 6.54 Å². The summed E-state index contributed by atoms with van der Waals surface area (Å²) in [6.07, 6.45) is 6.40. The van der Waals surface area contributed by atoms with Gasteiger partial charge in [-0.2, -0.15) is 0 Å². The number of likely N-dealkylation sites (N-methyl/N-ethyl adjacent to an activating group) is 2. The van der Waals surface area contributed by atoms with Crippen molar-refractivity contribution in [2.45, 2.75) is 98.5 Å². The second kappa shape index (κ2) is 21.4. The van der Waals surface area contributed by atoms with Crippen LogP contribution in [-0.2, 0) is 49.5 Å². The van der Waals surface area contributed by atoms with Gasteiger partial charge in [-0.25, -0.2) is 9.59 Å². The van der Waals surface area contributed by atoms with Gasteiger partial charge in [0.1, 0.15) is 36.0 Å². The molecule has 0 spiro atoms. The van der Waals surface area contributed by atoms with Crippen molar-refractivity contribution < 1.29 is 48.1 Å². The van der Waals surface area contributed by atoms with Crippen LogP contribution in [0.1, 0.15) is 67.4 Å². The summed E-state index contributed by atoms with van der Waals surface area (Å²) in [6, 6.07) is 1.58. The third-order valence-electron chi connectivity index (χ3n) is 9.54. The number of allylic oxidation sites excluding steroid dienone is 3. The first-order valence-electron chi connectivity index (χ1n) is 18.3. The predicted molar refractivity (Wildman–Crippen MR) is 205 cm³/mol. The van der Waals surface area contributed by atoms with Gasteiger partial charge < -0.3 is 40.3 Å². The molecule has 55 heavy (non-hydrogen) atoms. The van der Waals surface area contributed by atoms with Crippen molar-refractivity contribution in [1.82, 2.24) is 25.8 Å². The molecule has 1 aromatic carbocycles. The average Bonchev–Trinajstić information content (AvgIpc) is 3.15. The Kier molecular flexibility index (Phi) is 17.8. The minimum absolute atomic E-state index is 0.000901. The number of nitrogens with one attached hydrogen (secondary N) is 3. The molecule has 0 aromatic heterocycles. The predicted octanol–water partition coefficient (Wildman–Crippen LogP) is 2.33. The summed E-state index contributed by atoms with van der Waals surface area (Å²) in [5, 5.41) is 17.6. The Bertz CT molecular complexity index is 1650. The third kappa shape index (κ3) is 13.7. The van der Waals surface area contributed by atoms with Gasteiger partial charge >= 0.3 is 11.9 Å². The van der Waals surface area contributed by atoms with E-state index in [1.165, 1.54) is 53.1 Å². The van der Waals surface area contributed by atoms with Crippen LogP contribution in [0, 0.1) is 11.8 Å². The van der Waals surface area contributed by atoms with Gasteiger partial charge in [0, 0.05) is 32.0 Å². The highest BCUT2D eigenvalue weighted by atomic mass is 16.5. The maximum Gasteiger partial charge on any atom is 0.334 e. The molecule has 5 amide bonds. The number of nitrogens with zero attached hydrogens (tertiary/aromatic N) is 2. The normalized spacial score (nSPS) is 27.5. The van der Waals surface area contributed by atoms with Gasteiger partial charge in [0.2, 0.25) is 23.6 Å². The van der Waals surface area contributed by atoms with Crippen LogP contribution in [0.15, 0.2) is 59.7 Å². The number of hydrogen-bond acceptors (Lipinski definition) is 10. The topological polar surface area (TPSA) is 201 Å². The first kappa shape index (κ1) is 45.7. The highest BCUT2D eigenvalue weighted by Crippen LogP contribution is 2.20. The Morgan fingerprint density at radius 2 is 1.58 bits per heavy atom. The highest BCUT2D eigenvalue weighted by molar-refractivity contribution is 5.95. The van der Waals surface area contributed by atoms with Gasteiger partial charge in [0.25, 0.3) is 5.91 Å². The van der Waals surface area contributed by atoms with Crippen LogP contribution >= 0.6 is 0 Å². The van der Waals surface area contributed by atoms with E-state index in [4.69, 9.17) is 9.47 Å². The number of ether oxygens (including phenoxy) is 2. The summed E-state index contributed by atoms with van der Waals surface area (Å²) in [7, 11) is 2.77. The van der Waals surface area contributed by atoms with Crippen LogP contribution < -0.4 is 16.0 Å². The fourth-order valence-corrected chi connectivity index (χ4v) is 5.68. The number of carbonyl (C=O) groups is 7. The van der Waals surface area contributed by atoms with E-state index < -0.39 is 84.9 Å². The quantitative estimate of drug-likeness (QED) is 0.255. The number of benzene rings is 1. The Morgan fingerprint density at radius 1 is 0.945 bits per heavy atom. The van der Waals surface area contributed by atoms with Gasteiger partial charge in [-0.05, 0) is 63.8 Å². The number of amides is 5. The monoisotopic (exact) mass is 767 g/mol. The molecule has 0 radical (unpaired) electrons. The molecule has 1 aromatic rings. The summed E-state index contributed by atoms with van der Waals surface area (Å²) in [5.41, 5.74) is 1.52. The van der Waals surface area contributed by atoms with E-state index in [1.807, 2.05) is 13.8 Å². The van der Waals surface area contributed by atoms with E-state index in [1.54, 1.807) is 51.1 Å². The Hall–Kier alpha value is -5.47. The van der Waals surface area contributed by atoms with Gasteiger partial charge in [-0.15, -0.1) is 0 Å². The van der Waals surface area contributed by atoms with E-state index in [2.05, 4.69) is 16.0 Å². The maximum absolute atomic E-state index is 14.0. The number of esters is 2. The number of carbonyl (C=O) groups excluding carboxylic acids is 7. The molecule has 15 nitrogen and oxygen atoms in total. The molecule has 0 saturated carbocycles. The zero-order chi connectivity index (χ0) is 41.6. The lowest BCUT2D eigenvalue weighted by atomic mass is 9.97. The second-order valence-electron chi connectivity index (χ2n) is 14.0. The van der Waals surface area contributed by atoms with Crippen molar-refractivity contribution in [3.63, 3.8) is 0 Å². The number of aromatic hydroxyl groups is 1. The van der Waals surface area contributed by atoms with E-state index in [0.29, 0.717) is 12.0 Å². The molecule has 1 aliphatic rings. The number of hydrogen-bond donors (Lipinski definition) is 4. The molecule has 0 fully saturated rings. The Labute approximate surface area is 323 Å². The number of cyclic esters (lactones) is 2. The zero-order valence-corrected chi connectivity index (χ0v) is 33.5. The molecular weight excluding hydrogens is 710 g/mol. The van der Waals surface area contributed by atoms with Crippen LogP contribution in [0.25, 0.3) is 0 Å². The first-order valence-corrected chi connectivity index (χ1v) is 18.3. The summed E-state index contributed by atoms with van der Waals surface area (Å²) in [4.78, 5) is 95.5. The number of phenols is 1. The highest BCUT2D eigenvalue weighted by Gasteiger charge is 2.35. The number of phenolic OH excluding ortho intramolecular Hbond substituents is 1. The van der Waals surface area contributed by atoms with Crippen LogP contribution in [0.2, 0.25) is 0 Å². The molecule has 4 N–H and O–H groups in total. The zero-order valence-electron chi connectivity index (χ0n) is 33.5. The Morgan fingerprint density at radius 3 is 2.18 bits per heavy atom. The second-order valence-corrected chi connectivity index (χ2v) is 14.0. The molecular formula is C40H57N5O10. The molecule has 302 valence electrons. The van der Waals surface area contributed by atoms with Crippen molar-refractivity contribution in [2.24, 2.45) is 11.8 Å². The molecule has 0 bridgehead atoms. The van der Waals surface area contributed by atoms with Gasteiger partial charge in [0.15, 0.2) is 6.61 Å². The molecule has 1 aliphatic heterocycles. The van der Waals surface area contributed by atoms with Crippen molar-refractivity contribution in [2.75, 3.05) is 27.2 Å². The Balaban J connectivity index is 2.52. The van der Waals surface area contributed by atoms with Crippen molar-refractivity contribution in [3.05, 3.63) is 65.3 Å². The van der Waals surface area contributed by atoms with E-state index in [0.717, 1.165) is 15.4 Å². The van der Waals surface area contributed by atoms with Crippen molar-refractivity contribution in [3.8, 4) is 5.75 Å². The fourth-order valence-electron chi connectivity index (χ4n) is 5.68. The van der Waals surface area contributed by atoms with Crippen molar-refractivity contribution >= 4 is 41.5 Å². The molecule has 0 aliphatic carbocycles. The van der Waals surface area contributed by atoms with E-state index >= 15 is 0 Å². The van der Waals surface area contributed by atoms with Crippen LogP contribution in [0.5, 0.6) is 5.75 Å².